The molecule has 1 amide bonds. The number of carbonyl (C=O) groups excluding carboxylic acids is 1. The number of nitrogens with zero attached hydrogens (tertiary/aromatic N) is 2. The molecule has 3 aliphatic heterocycles. The number of fused-ring (bicyclic) bond motifs is 1. The zero-order valence-electron chi connectivity index (χ0n) is 21.1. The van der Waals surface area contributed by atoms with Crippen LogP contribution in [0.1, 0.15) is 57.1 Å². The van der Waals surface area contributed by atoms with E-state index >= 15 is 0 Å². The molecule has 4 atom stereocenters. The van der Waals surface area contributed by atoms with Crippen molar-refractivity contribution < 1.29 is 28.8 Å². The second-order valence-electron chi connectivity index (χ2n) is 11.4. The maximum atomic E-state index is 13.0. The highest BCUT2D eigenvalue weighted by molar-refractivity contribution is 9.10. The van der Waals surface area contributed by atoms with Gasteiger partial charge < -0.3 is 29.0 Å². The van der Waals surface area contributed by atoms with E-state index in [2.05, 4.69) is 26.9 Å². The Hall–Kier alpha value is -1.39. The third-order valence-corrected chi connectivity index (χ3v) is 10.4. The highest BCUT2D eigenvalue weighted by atomic mass is 79.9. The molecule has 0 aromatic heterocycles. The van der Waals surface area contributed by atoms with Gasteiger partial charge in [0.2, 0.25) is 5.79 Å². The van der Waals surface area contributed by atoms with Gasteiger partial charge in [0.05, 0.1) is 28.7 Å². The number of halogens is 1. The molecule has 2 bridgehead atoms. The number of hydrogen-bond donors (Lipinski definition) is 1. The third-order valence-electron chi connectivity index (χ3n) is 9.80. The molecule has 6 aliphatic rings. The molecule has 3 heterocycles. The number of carbonyl (C=O) groups is 1. The molecule has 196 valence electrons. The fourth-order valence-electron chi connectivity index (χ4n) is 7.96. The average molecular weight is 563 g/mol. The summed E-state index contributed by atoms with van der Waals surface area (Å²) in [6, 6.07) is 2.10. The highest BCUT2D eigenvalue weighted by Crippen LogP contribution is 2.69. The van der Waals surface area contributed by atoms with Gasteiger partial charge in [-0.25, -0.2) is 4.79 Å². The van der Waals surface area contributed by atoms with Crippen LogP contribution in [0.3, 0.4) is 0 Å². The van der Waals surface area contributed by atoms with E-state index in [9.17, 15) is 9.90 Å². The maximum absolute atomic E-state index is 13.0. The van der Waals surface area contributed by atoms with E-state index in [1.807, 2.05) is 13.8 Å². The molecule has 2 saturated carbocycles. The van der Waals surface area contributed by atoms with Crippen molar-refractivity contribution in [2.45, 2.75) is 81.3 Å². The summed E-state index contributed by atoms with van der Waals surface area (Å²) in [5, 5.41) is 12.7. The fraction of sp³-hybridized carbons (Fsp3) is 0.741. The van der Waals surface area contributed by atoms with Crippen LogP contribution in [0.5, 0.6) is 11.5 Å². The summed E-state index contributed by atoms with van der Waals surface area (Å²) in [6.07, 6.45) is 4.38. The summed E-state index contributed by atoms with van der Waals surface area (Å²) in [5.74, 6) is 0.817. The van der Waals surface area contributed by atoms with Crippen molar-refractivity contribution in [1.82, 2.24) is 9.80 Å². The van der Waals surface area contributed by atoms with Crippen LogP contribution < -0.4 is 9.47 Å². The van der Waals surface area contributed by atoms with Gasteiger partial charge >= 0.3 is 6.09 Å². The van der Waals surface area contributed by atoms with Crippen LogP contribution in [0.4, 0.5) is 4.79 Å². The van der Waals surface area contributed by atoms with Crippen molar-refractivity contribution in [1.29, 1.82) is 0 Å². The van der Waals surface area contributed by atoms with Gasteiger partial charge in [-0.2, -0.15) is 0 Å². The lowest BCUT2D eigenvalue weighted by molar-refractivity contribution is -0.296. The molecule has 7 rings (SSSR count). The van der Waals surface area contributed by atoms with E-state index in [0.717, 1.165) is 43.0 Å². The van der Waals surface area contributed by atoms with Gasteiger partial charge in [0, 0.05) is 37.7 Å². The topological polar surface area (TPSA) is 80.7 Å². The van der Waals surface area contributed by atoms with E-state index in [-0.39, 0.29) is 6.04 Å². The Labute approximate surface area is 220 Å². The summed E-state index contributed by atoms with van der Waals surface area (Å²) in [6.45, 7) is 7.98. The van der Waals surface area contributed by atoms with Crippen molar-refractivity contribution >= 4 is 22.0 Å². The molecule has 0 radical (unpaired) electrons. The summed E-state index contributed by atoms with van der Waals surface area (Å²) in [4.78, 5) is 17.2. The molecular formula is C27H35BrN2O6. The van der Waals surface area contributed by atoms with Crippen LogP contribution in [0.2, 0.25) is 0 Å². The van der Waals surface area contributed by atoms with Gasteiger partial charge in [-0.05, 0) is 86.0 Å². The number of likely N-dealkylation sites (tertiary alicyclic amines) is 1. The minimum atomic E-state index is -0.961. The first-order valence-corrected chi connectivity index (χ1v) is 14.4. The highest BCUT2D eigenvalue weighted by Gasteiger charge is 2.77. The van der Waals surface area contributed by atoms with Crippen LogP contribution in [0.25, 0.3) is 0 Å². The van der Waals surface area contributed by atoms with Gasteiger partial charge in [-0.1, -0.05) is 0 Å². The number of ether oxygens (including phenoxy) is 4. The van der Waals surface area contributed by atoms with E-state index in [0.29, 0.717) is 55.1 Å². The summed E-state index contributed by atoms with van der Waals surface area (Å²) >= 11 is 3.70. The number of aliphatic hydroxyl groups is 1. The smallest absolute Gasteiger partial charge is 0.415 e. The van der Waals surface area contributed by atoms with Gasteiger partial charge in [0.25, 0.3) is 0 Å². The van der Waals surface area contributed by atoms with Crippen LogP contribution in [-0.2, 0) is 21.3 Å². The van der Waals surface area contributed by atoms with Crippen molar-refractivity contribution in [3.8, 4) is 11.5 Å². The molecule has 2 saturated heterocycles. The van der Waals surface area contributed by atoms with E-state index in [1.165, 1.54) is 12.8 Å². The molecule has 1 aromatic rings. The maximum Gasteiger partial charge on any atom is 0.415 e. The summed E-state index contributed by atoms with van der Waals surface area (Å²) < 4.78 is 26.1. The van der Waals surface area contributed by atoms with Gasteiger partial charge in [-0.3, -0.25) is 4.90 Å². The first-order valence-electron chi connectivity index (χ1n) is 13.6. The Morgan fingerprint density at radius 2 is 1.97 bits per heavy atom. The zero-order valence-corrected chi connectivity index (χ0v) is 22.6. The van der Waals surface area contributed by atoms with Crippen molar-refractivity contribution in [2.75, 3.05) is 39.4 Å². The van der Waals surface area contributed by atoms with E-state index < -0.39 is 29.0 Å². The Morgan fingerprint density at radius 1 is 1.22 bits per heavy atom. The molecule has 3 aliphatic carbocycles. The first-order chi connectivity index (χ1) is 17.4. The lowest BCUT2D eigenvalue weighted by Crippen LogP contribution is -2.79. The molecule has 2 spiro atoms. The predicted octanol–water partition coefficient (Wildman–Crippen LogP) is 3.60. The zero-order chi connectivity index (χ0) is 24.9. The van der Waals surface area contributed by atoms with Gasteiger partial charge in [-0.15, -0.1) is 0 Å². The second-order valence-corrected chi connectivity index (χ2v) is 12.3. The van der Waals surface area contributed by atoms with Gasteiger partial charge in [0.15, 0.2) is 17.6 Å². The van der Waals surface area contributed by atoms with Crippen LogP contribution in [0.15, 0.2) is 10.5 Å². The number of hydrogen-bond acceptors (Lipinski definition) is 7. The molecule has 9 heteroatoms. The Kier molecular flexibility index (Phi) is 5.30. The quantitative estimate of drug-likeness (QED) is 0.587. The molecule has 36 heavy (non-hydrogen) atoms. The Balaban J connectivity index is 1.39. The summed E-state index contributed by atoms with van der Waals surface area (Å²) in [5.41, 5.74) is 0.533. The first kappa shape index (κ1) is 23.7. The average Bonchev–Trinajstić information content (AvgIpc) is 3.41. The van der Waals surface area contributed by atoms with E-state index in [1.54, 1.807) is 4.90 Å². The SMILES string of the molecule is CCN(CC)C(=O)Oc1c(Br)cc2c3c1O[C@H]1C4(CC[C@@]5(O)[C@@H](C2)N(CC2CC2)CC[C@]315)OCCO4. The molecule has 1 N–H and O–H groups in total. The standard InChI is InChI=1S/C27H35BrN2O6/c1-3-29(4-2)24(31)36-21-18(28)13-17-14-19-26(32)7-8-27(33-11-12-34-27)23-25(26,20(17)22(21)35-23)9-10-30(19)15-16-5-6-16/h13,16,19,23,32H,3-12,14-15H2,1-2H3/t19-,23-,25+,26-/m1/s1. The molecular weight excluding hydrogens is 528 g/mol. The van der Waals surface area contributed by atoms with Crippen LogP contribution in [0, 0.1) is 5.92 Å². The molecule has 1 aromatic carbocycles. The number of amides is 1. The predicted molar refractivity (Wildman–Crippen MR) is 134 cm³/mol. The fourth-order valence-corrected chi connectivity index (χ4v) is 8.50. The largest absolute Gasteiger partial charge is 0.479 e. The lowest BCUT2D eigenvalue weighted by Gasteiger charge is -2.65. The van der Waals surface area contributed by atoms with Crippen molar-refractivity contribution in [2.24, 2.45) is 5.92 Å². The third kappa shape index (κ3) is 2.98. The Bertz CT molecular complexity index is 1100. The minimum Gasteiger partial charge on any atom is -0.479 e. The Morgan fingerprint density at radius 3 is 2.67 bits per heavy atom. The number of benzene rings is 1. The number of rotatable bonds is 5. The van der Waals surface area contributed by atoms with Gasteiger partial charge in [0.1, 0.15) is 0 Å². The van der Waals surface area contributed by atoms with Crippen LogP contribution in [-0.4, -0.2) is 83.9 Å². The van der Waals surface area contributed by atoms with E-state index in [4.69, 9.17) is 18.9 Å². The summed E-state index contributed by atoms with van der Waals surface area (Å²) in [7, 11) is 0. The molecule has 0 unspecified atom stereocenters. The minimum absolute atomic E-state index is 0.0196. The molecule has 4 fully saturated rings. The normalized spacial score (nSPS) is 35.4. The lowest BCUT2D eigenvalue weighted by atomic mass is 9.48. The van der Waals surface area contributed by atoms with Crippen molar-refractivity contribution in [3.05, 3.63) is 21.7 Å². The number of piperidine rings is 1. The van der Waals surface area contributed by atoms with Crippen molar-refractivity contribution in [3.63, 3.8) is 0 Å². The second kappa shape index (κ2) is 8.06. The van der Waals surface area contributed by atoms with Crippen LogP contribution >= 0.6 is 15.9 Å². The molecule has 8 nitrogen and oxygen atoms in total. The monoisotopic (exact) mass is 562 g/mol.